The van der Waals surface area contributed by atoms with E-state index in [0.29, 0.717) is 13.0 Å². The van der Waals surface area contributed by atoms with Gasteiger partial charge in [0.05, 0.1) is 26.4 Å². The number of aliphatic hydroxyl groups excluding tert-OH is 7. The van der Waals surface area contributed by atoms with Crippen molar-refractivity contribution in [3.8, 4) is 0 Å². The van der Waals surface area contributed by atoms with Crippen molar-refractivity contribution in [1.29, 1.82) is 0 Å². The summed E-state index contributed by atoms with van der Waals surface area (Å²) in [6.45, 7) is 3.57. The summed E-state index contributed by atoms with van der Waals surface area (Å²) >= 11 is 0. The van der Waals surface area contributed by atoms with Crippen molar-refractivity contribution < 1.29 is 69.0 Å². The van der Waals surface area contributed by atoms with E-state index in [9.17, 15) is 40.5 Å². The van der Waals surface area contributed by atoms with E-state index in [1.807, 2.05) is 0 Å². The minimum atomic E-state index is -1.72. The molecule has 0 aliphatic carbocycles. The van der Waals surface area contributed by atoms with Gasteiger partial charge in [-0.1, -0.05) is 242 Å². The summed E-state index contributed by atoms with van der Waals surface area (Å²) in [5.74, 6) is -0.404. The summed E-state index contributed by atoms with van der Waals surface area (Å²) in [5.41, 5.74) is 0. The second-order valence-electron chi connectivity index (χ2n) is 22.2. The molecule has 14 heteroatoms. The minimum Gasteiger partial charge on any atom is -0.457 e. The molecule has 0 aromatic rings. The lowest BCUT2D eigenvalue weighted by Gasteiger charge is -2.42. The quantitative estimate of drug-likeness (QED) is 0.0172. The highest BCUT2D eigenvalue weighted by atomic mass is 16.7. The van der Waals surface area contributed by atoms with E-state index in [2.05, 4.69) is 74.6 Å². The van der Waals surface area contributed by atoms with Gasteiger partial charge in [-0.15, -0.1) is 0 Å². The van der Waals surface area contributed by atoms with Gasteiger partial charge < -0.3 is 64.2 Å². The molecule has 2 fully saturated rings. The van der Waals surface area contributed by atoms with Gasteiger partial charge in [0.1, 0.15) is 54.9 Å². The molecular formula is C65H116O14. The van der Waals surface area contributed by atoms with Crippen LogP contribution in [0.4, 0.5) is 0 Å². The highest BCUT2D eigenvalue weighted by Crippen LogP contribution is 2.27. The van der Waals surface area contributed by atoms with Crippen LogP contribution in [0.5, 0.6) is 0 Å². The lowest BCUT2D eigenvalue weighted by Crippen LogP contribution is -2.61. The third-order valence-corrected chi connectivity index (χ3v) is 15.0. The second-order valence-corrected chi connectivity index (χ2v) is 22.2. The van der Waals surface area contributed by atoms with Crippen molar-refractivity contribution in [2.45, 2.75) is 313 Å². The van der Waals surface area contributed by atoms with Crippen LogP contribution < -0.4 is 0 Å². The Kier molecular flexibility index (Phi) is 47.3. The van der Waals surface area contributed by atoms with Crippen LogP contribution in [0.1, 0.15) is 245 Å². The third-order valence-electron chi connectivity index (χ3n) is 15.0. The molecule has 0 amide bonds. The molecule has 460 valence electrons. The molecule has 0 saturated carbocycles. The predicted molar refractivity (Wildman–Crippen MR) is 316 cm³/mol. The normalized spacial score (nSPS) is 24.4. The van der Waals surface area contributed by atoms with Crippen LogP contribution >= 0.6 is 0 Å². The standard InChI is InChI=1S/C65H116O14/c1-3-5-7-9-11-13-15-17-19-21-23-24-25-26-27-28-29-31-33-35-37-39-41-43-45-47-49-74-51-54(77-57(67)48-46-44-42-40-38-36-34-32-30-22-20-18-16-14-12-10-8-6-4-2)52-75-64-63(73)61(71)59(69)56(79-64)53-76-65-62(72)60(70)58(68)55(50-66)78-65/h6,8,12,14,18,20,30,32,36,38,54-56,58-66,68-73H,3-5,7,9-11,13,15-17,19,21-29,31,33-35,37,39-53H2,1-2H3/b8-6-,14-12-,20-18-,32-30-,38-36-. The molecule has 11 atom stereocenters. The van der Waals surface area contributed by atoms with Gasteiger partial charge in [0, 0.05) is 13.0 Å². The molecule has 0 radical (unpaired) electrons. The molecule has 11 unspecified atom stereocenters. The first kappa shape index (κ1) is 72.8. The number of carbonyl (C=O) groups is 1. The molecule has 7 N–H and O–H groups in total. The summed E-state index contributed by atoms with van der Waals surface area (Å²) in [5, 5.41) is 72.5. The fourth-order valence-corrected chi connectivity index (χ4v) is 9.96. The zero-order chi connectivity index (χ0) is 57.2. The van der Waals surface area contributed by atoms with E-state index in [1.54, 1.807) is 0 Å². The predicted octanol–water partition coefficient (Wildman–Crippen LogP) is 12.4. The first-order chi connectivity index (χ1) is 38.6. The van der Waals surface area contributed by atoms with Crippen LogP contribution in [-0.4, -0.2) is 142 Å². The van der Waals surface area contributed by atoms with Crippen molar-refractivity contribution >= 4 is 5.97 Å². The monoisotopic (exact) mass is 1120 g/mol. The smallest absolute Gasteiger partial charge is 0.306 e. The summed E-state index contributed by atoms with van der Waals surface area (Å²) < 4.78 is 34.4. The summed E-state index contributed by atoms with van der Waals surface area (Å²) in [7, 11) is 0. The zero-order valence-corrected chi connectivity index (χ0v) is 49.6. The molecule has 14 nitrogen and oxygen atoms in total. The van der Waals surface area contributed by atoms with Gasteiger partial charge in [-0.05, 0) is 57.8 Å². The Morgan fingerprint density at radius 2 is 0.823 bits per heavy atom. The molecule has 0 aromatic heterocycles. The number of aliphatic hydroxyl groups is 7. The molecule has 0 spiro atoms. The average molecular weight is 1120 g/mol. The van der Waals surface area contributed by atoms with Crippen molar-refractivity contribution in [3.63, 3.8) is 0 Å². The van der Waals surface area contributed by atoms with Crippen molar-refractivity contribution in [1.82, 2.24) is 0 Å². The van der Waals surface area contributed by atoms with Crippen molar-refractivity contribution in [2.24, 2.45) is 0 Å². The Morgan fingerprint density at radius 1 is 0.430 bits per heavy atom. The maximum atomic E-state index is 13.1. The summed E-state index contributed by atoms with van der Waals surface area (Å²) in [4.78, 5) is 13.1. The molecule has 2 saturated heterocycles. The number of esters is 1. The fraction of sp³-hybridized carbons (Fsp3) is 0.831. The molecule has 2 aliphatic heterocycles. The maximum absolute atomic E-state index is 13.1. The van der Waals surface area contributed by atoms with Gasteiger partial charge in [-0.3, -0.25) is 4.79 Å². The van der Waals surface area contributed by atoms with Gasteiger partial charge in [0.2, 0.25) is 0 Å². The van der Waals surface area contributed by atoms with E-state index in [1.165, 1.54) is 148 Å². The molecular weight excluding hydrogens is 1000 g/mol. The van der Waals surface area contributed by atoms with Gasteiger partial charge >= 0.3 is 5.97 Å². The highest BCUT2D eigenvalue weighted by molar-refractivity contribution is 5.69. The third kappa shape index (κ3) is 37.5. The summed E-state index contributed by atoms with van der Waals surface area (Å²) in [6.07, 6.45) is 48.7. The van der Waals surface area contributed by atoms with E-state index >= 15 is 0 Å². The van der Waals surface area contributed by atoms with Gasteiger partial charge in [-0.25, -0.2) is 0 Å². The van der Waals surface area contributed by atoms with Crippen LogP contribution in [-0.2, 0) is 33.2 Å². The van der Waals surface area contributed by atoms with Crippen LogP contribution in [0.15, 0.2) is 60.8 Å². The number of hydrogen-bond acceptors (Lipinski definition) is 14. The lowest BCUT2D eigenvalue weighted by molar-refractivity contribution is -0.332. The van der Waals surface area contributed by atoms with Crippen molar-refractivity contribution in [3.05, 3.63) is 60.8 Å². The van der Waals surface area contributed by atoms with Crippen LogP contribution in [0.25, 0.3) is 0 Å². The average Bonchev–Trinajstić information content (AvgIpc) is 3.46. The fourth-order valence-electron chi connectivity index (χ4n) is 9.96. The number of carbonyl (C=O) groups excluding carboxylic acids is 1. The van der Waals surface area contributed by atoms with E-state index in [4.69, 9.17) is 28.4 Å². The van der Waals surface area contributed by atoms with Crippen LogP contribution in [0.3, 0.4) is 0 Å². The Balaban J connectivity index is 1.67. The zero-order valence-electron chi connectivity index (χ0n) is 49.6. The lowest BCUT2D eigenvalue weighted by atomic mass is 9.98. The second kappa shape index (κ2) is 51.3. The Morgan fingerprint density at radius 3 is 1.28 bits per heavy atom. The molecule has 2 rings (SSSR count). The number of rotatable bonds is 52. The van der Waals surface area contributed by atoms with Gasteiger partial charge in [-0.2, -0.15) is 0 Å². The minimum absolute atomic E-state index is 0.0485. The van der Waals surface area contributed by atoms with E-state index in [-0.39, 0.29) is 19.6 Å². The first-order valence-electron chi connectivity index (χ1n) is 31.9. The number of allylic oxidation sites excluding steroid dienone is 10. The summed E-state index contributed by atoms with van der Waals surface area (Å²) in [6, 6.07) is 0. The van der Waals surface area contributed by atoms with Gasteiger partial charge in [0.25, 0.3) is 0 Å². The van der Waals surface area contributed by atoms with Crippen LogP contribution in [0.2, 0.25) is 0 Å². The van der Waals surface area contributed by atoms with E-state index in [0.717, 1.165) is 70.6 Å². The van der Waals surface area contributed by atoms with Crippen molar-refractivity contribution in [2.75, 3.05) is 33.0 Å². The number of unbranched alkanes of at least 4 members (excludes halogenated alkanes) is 28. The maximum Gasteiger partial charge on any atom is 0.306 e. The van der Waals surface area contributed by atoms with Gasteiger partial charge in [0.15, 0.2) is 12.6 Å². The topological polar surface area (TPSA) is 214 Å². The first-order valence-corrected chi connectivity index (χ1v) is 31.9. The number of ether oxygens (including phenoxy) is 6. The Bertz CT molecular complexity index is 1540. The molecule has 0 bridgehead atoms. The number of hydrogen-bond donors (Lipinski definition) is 7. The van der Waals surface area contributed by atoms with E-state index < -0.39 is 86.7 Å². The molecule has 2 heterocycles. The Hall–Kier alpha value is -2.31. The highest BCUT2D eigenvalue weighted by Gasteiger charge is 2.47. The van der Waals surface area contributed by atoms with Crippen LogP contribution in [0, 0.1) is 0 Å². The Labute approximate surface area is 479 Å². The SMILES string of the molecule is CC/C=C\C/C=C\C/C=C\C/C=C\C/C=C\CCCCCC(=O)OC(COCCCCCCCCCCCCCCCCCCCCCCCCCCCC)COC1OC(COC2OC(CO)C(O)C(O)C2O)C(O)C(O)C1O. The molecule has 2 aliphatic rings. The molecule has 0 aromatic carbocycles. The molecule has 79 heavy (non-hydrogen) atoms. The largest absolute Gasteiger partial charge is 0.457 e.